The Labute approximate surface area is 68.5 Å². The van der Waals surface area contributed by atoms with Gasteiger partial charge in [0.2, 0.25) is 0 Å². The summed E-state index contributed by atoms with van der Waals surface area (Å²) in [5, 5.41) is 8.82. The molecule has 0 aromatic carbocycles. The van der Waals surface area contributed by atoms with Crippen molar-refractivity contribution >= 4 is 6.16 Å². The number of hydrogen-bond donors (Lipinski definition) is 1. The van der Waals surface area contributed by atoms with Gasteiger partial charge in [0.15, 0.2) is 18.3 Å². The van der Waals surface area contributed by atoms with Gasteiger partial charge in [-0.25, -0.2) is 4.79 Å². The van der Waals surface area contributed by atoms with E-state index in [0.717, 1.165) is 0 Å². The minimum absolute atomic E-state index is 0.192. The lowest BCUT2D eigenvalue weighted by molar-refractivity contribution is -0.0310. The average Bonchev–Trinajstić information content (AvgIpc) is 2.44. The van der Waals surface area contributed by atoms with Crippen molar-refractivity contribution in [2.45, 2.75) is 18.3 Å². The molecule has 3 atom stereocenters. The van der Waals surface area contributed by atoms with Gasteiger partial charge < -0.3 is 19.3 Å². The number of hydrogen-bond acceptors (Lipinski definition) is 5. The minimum atomic E-state index is -0.710. The summed E-state index contributed by atoms with van der Waals surface area (Å²) in [5.41, 5.74) is 0. The van der Waals surface area contributed by atoms with Crippen molar-refractivity contribution in [3.8, 4) is 0 Å². The van der Waals surface area contributed by atoms with Crippen LogP contribution in [0.25, 0.3) is 0 Å². The Balaban J connectivity index is 2.15. The van der Waals surface area contributed by atoms with Crippen LogP contribution in [0, 0.1) is 0 Å². The molecule has 0 aromatic heterocycles. The molecule has 0 amide bonds. The summed E-state index contributed by atoms with van der Waals surface area (Å²) in [6, 6.07) is 0. The molecule has 66 valence electrons. The van der Waals surface area contributed by atoms with E-state index in [1.165, 1.54) is 6.26 Å². The molecule has 5 nitrogen and oxygen atoms in total. The highest BCUT2D eigenvalue weighted by Crippen LogP contribution is 2.24. The summed E-state index contributed by atoms with van der Waals surface area (Å²) < 4.78 is 14.5. The maximum atomic E-state index is 10.7. The quantitative estimate of drug-likeness (QED) is 0.554. The first-order valence-corrected chi connectivity index (χ1v) is 3.61. The normalized spacial score (nSPS) is 38.1. The summed E-state index contributed by atoms with van der Waals surface area (Å²) in [6.07, 6.45) is 0.854. The van der Waals surface area contributed by atoms with Gasteiger partial charge in [-0.15, -0.1) is 0 Å². The van der Waals surface area contributed by atoms with E-state index in [-0.39, 0.29) is 6.61 Å². The number of aliphatic hydroxyl groups excluding tert-OH is 1. The van der Waals surface area contributed by atoms with Gasteiger partial charge in [-0.05, 0) is 6.08 Å². The molecule has 2 heterocycles. The first kappa shape index (κ1) is 7.42. The van der Waals surface area contributed by atoms with Crippen molar-refractivity contribution < 1.29 is 24.1 Å². The van der Waals surface area contributed by atoms with E-state index in [4.69, 9.17) is 19.3 Å². The third-order valence-electron chi connectivity index (χ3n) is 1.86. The zero-order valence-corrected chi connectivity index (χ0v) is 6.17. The van der Waals surface area contributed by atoms with Gasteiger partial charge in [0.1, 0.15) is 0 Å². The van der Waals surface area contributed by atoms with Crippen LogP contribution >= 0.6 is 0 Å². The van der Waals surface area contributed by atoms with Crippen LogP contribution < -0.4 is 0 Å². The van der Waals surface area contributed by atoms with Crippen molar-refractivity contribution in [2.24, 2.45) is 0 Å². The minimum Gasteiger partial charge on any atom is -0.492 e. The predicted molar refractivity (Wildman–Crippen MR) is 36.2 cm³/mol. The van der Waals surface area contributed by atoms with Gasteiger partial charge in [-0.2, -0.15) is 0 Å². The molecule has 2 rings (SSSR count). The van der Waals surface area contributed by atoms with Crippen molar-refractivity contribution in [3.63, 3.8) is 0 Å². The largest absolute Gasteiger partial charge is 0.509 e. The molecule has 0 saturated carbocycles. The van der Waals surface area contributed by atoms with Crippen LogP contribution in [0.1, 0.15) is 0 Å². The van der Waals surface area contributed by atoms with E-state index in [9.17, 15) is 4.79 Å². The average molecular weight is 172 g/mol. The molecule has 1 N–H and O–H groups in total. The van der Waals surface area contributed by atoms with E-state index in [1.54, 1.807) is 6.08 Å². The molecular formula is C7H8O5. The molecule has 0 aromatic rings. The van der Waals surface area contributed by atoms with Gasteiger partial charge in [-0.3, -0.25) is 0 Å². The molecule has 5 heteroatoms. The second kappa shape index (κ2) is 2.67. The molecule has 2 aliphatic heterocycles. The van der Waals surface area contributed by atoms with Gasteiger partial charge in [0.05, 0.1) is 12.9 Å². The van der Waals surface area contributed by atoms with Crippen LogP contribution in [0.2, 0.25) is 0 Å². The highest BCUT2D eigenvalue weighted by Gasteiger charge is 2.43. The Kier molecular flexibility index (Phi) is 1.65. The Morgan fingerprint density at radius 1 is 1.50 bits per heavy atom. The SMILES string of the molecule is O=C1O[C@@H]2[C@@H](C=CO[C@@H]2CO)O1. The third-order valence-corrected chi connectivity index (χ3v) is 1.86. The fraction of sp³-hybridized carbons (Fsp3) is 0.571. The zero-order chi connectivity index (χ0) is 8.55. The lowest BCUT2D eigenvalue weighted by Gasteiger charge is -2.24. The van der Waals surface area contributed by atoms with Crippen molar-refractivity contribution in [1.82, 2.24) is 0 Å². The van der Waals surface area contributed by atoms with E-state index in [0.29, 0.717) is 0 Å². The highest BCUT2D eigenvalue weighted by molar-refractivity contribution is 5.63. The number of carbonyl (C=O) groups excluding carboxylic acids is 1. The number of fused-ring (bicyclic) bond motifs is 1. The Morgan fingerprint density at radius 3 is 3.08 bits per heavy atom. The topological polar surface area (TPSA) is 65.0 Å². The predicted octanol–water partition coefficient (Wildman–Crippen LogP) is -0.205. The van der Waals surface area contributed by atoms with Crippen molar-refractivity contribution in [1.29, 1.82) is 0 Å². The Morgan fingerprint density at radius 2 is 2.33 bits per heavy atom. The van der Waals surface area contributed by atoms with Gasteiger partial charge in [-0.1, -0.05) is 0 Å². The van der Waals surface area contributed by atoms with Crippen LogP contribution in [0.3, 0.4) is 0 Å². The van der Waals surface area contributed by atoms with E-state index < -0.39 is 24.5 Å². The molecule has 0 bridgehead atoms. The maximum Gasteiger partial charge on any atom is 0.509 e. The zero-order valence-electron chi connectivity index (χ0n) is 6.17. The van der Waals surface area contributed by atoms with Crippen LogP contribution in [0.4, 0.5) is 4.79 Å². The van der Waals surface area contributed by atoms with E-state index in [1.807, 2.05) is 0 Å². The molecular weight excluding hydrogens is 164 g/mol. The molecule has 1 fully saturated rings. The Hall–Kier alpha value is -1.23. The van der Waals surface area contributed by atoms with Crippen LogP contribution in [-0.4, -0.2) is 36.2 Å². The van der Waals surface area contributed by atoms with Crippen LogP contribution in [0.15, 0.2) is 12.3 Å². The van der Waals surface area contributed by atoms with E-state index >= 15 is 0 Å². The summed E-state index contributed by atoms with van der Waals surface area (Å²) in [6.45, 7) is -0.192. The van der Waals surface area contributed by atoms with E-state index in [2.05, 4.69) is 0 Å². The van der Waals surface area contributed by atoms with Gasteiger partial charge in [0, 0.05) is 0 Å². The fourth-order valence-electron chi connectivity index (χ4n) is 1.27. The standard InChI is InChI=1S/C7H8O5/c8-3-5-6-4(1-2-10-5)11-7(9)12-6/h1-2,4-6,8H,3H2/t4-,5-,6-/m1/s1. The van der Waals surface area contributed by atoms with Gasteiger partial charge in [0.25, 0.3) is 0 Å². The number of ether oxygens (including phenoxy) is 3. The fourth-order valence-corrected chi connectivity index (χ4v) is 1.27. The molecule has 0 unspecified atom stereocenters. The first-order valence-electron chi connectivity index (χ1n) is 3.61. The smallest absolute Gasteiger partial charge is 0.492 e. The molecule has 2 aliphatic rings. The number of aliphatic hydroxyl groups is 1. The lowest BCUT2D eigenvalue weighted by atomic mass is 10.1. The molecule has 1 saturated heterocycles. The number of carbonyl (C=O) groups is 1. The Bertz CT molecular complexity index is 224. The summed E-state index contributed by atoms with van der Waals surface area (Å²) in [4.78, 5) is 10.7. The molecule has 0 spiro atoms. The van der Waals surface area contributed by atoms with Gasteiger partial charge >= 0.3 is 6.16 Å². The summed E-state index contributed by atoms with van der Waals surface area (Å²) in [7, 11) is 0. The van der Waals surface area contributed by atoms with Crippen molar-refractivity contribution in [2.75, 3.05) is 6.61 Å². The van der Waals surface area contributed by atoms with Crippen molar-refractivity contribution in [3.05, 3.63) is 12.3 Å². The highest BCUT2D eigenvalue weighted by atomic mass is 16.8. The first-order chi connectivity index (χ1) is 5.81. The monoisotopic (exact) mass is 172 g/mol. The molecule has 0 aliphatic carbocycles. The second-order valence-electron chi connectivity index (χ2n) is 2.60. The third kappa shape index (κ3) is 1.02. The second-order valence-corrected chi connectivity index (χ2v) is 2.60. The maximum absolute atomic E-state index is 10.7. The van der Waals surface area contributed by atoms with Crippen LogP contribution in [0.5, 0.6) is 0 Å². The summed E-state index contributed by atoms with van der Waals surface area (Å²) >= 11 is 0. The summed E-state index contributed by atoms with van der Waals surface area (Å²) in [5.74, 6) is 0. The molecule has 12 heavy (non-hydrogen) atoms. The lowest BCUT2D eigenvalue weighted by Crippen LogP contribution is -2.40. The number of rotatable bonds is 1. The molecule has 0 radical (unpaired) electrons. The van der Waals surface area contributed by atoms with Crippen LogP contribution in [-0.2, 0) is 14.2 Å².